The number of likely N-dealkylation sites (N-methyl/N-ethyl adjacent to an activating group) is 1. The van der Waals surface area contributed by atoms with Crippen LogP contribution >= 0.6 is 0 Å². The molecule has 3 nitrogen and oxygen atoms in total. The molecule has 0 aliphatic carbocycles. The quantitative estimate of drug-likeness (QED) is 0.754. The van der Waals surface area contributed by atoms with Crippen LogP contribution in [0.5, 0.6) is 0 Å². The Morgan fingerprint density at radius 2 is 1.87 bits per heavy atom. The minimum Gasteiger partial charge on any atom is -0.356 e. The third-order valence-corrected chi connectivity index (χ3v) is 3.93. The molecule has 1 N–H and O–H groups in total. The van der Waals surface area contributed by atoms with E-state index < -0.39 is 0 Å². The van der Waals surface area contributed by atoms with Crippen molar-refractivity contribution in [2.24, 2.45) is 10.4 Å². The summed E-state index contributed by atoms with van der Waals surface area (Å²) in [7, 11) is 2.10. The van der Waals surface area contributed by atoms with Crippen LogP contribution in [0.15, 0.2) is 4.99 Å². The number of nitrogens with zero attached hydrogens (tertiary/aromatic N) is 2. The molecule has 0 fully saturated rings. The Morgan fingerprint density at radius 1 is 1.27 bits per heavy atom. The van der Waals surface area contributed by atoms with Crippen LogP contribution in [0.4, 0.5) is 0 Å². The zero-order chi connectivity index (χ0) is 11.3. The highest BCUT2D eigenvalue weighted by Gasteiger charge is 2.25. The van der Waals surface area contributed by atoms with Gasteiger partial charge >= 0.3 is 0 Å². The van der Waals surface area contributed by atoms with E-state index in [1.165, 1.54) is 19.3 Å². The summed E-state index contributed by atoms with van der Waals surface area (Å²) in [5, 5.41) is 3.50. The third-order valence-electron chi connectivity index (χ3n) is 3.93. The van der Waals surface area contributed by atoms with E-state index in [9.17, 15) is 0 Å². The van der Waals surface area contributed by atoms with Crippen molar-refractivity contribution in [3.05, 3.63) is 0 Å². The lowest BCUT2D eigenvalue weighted by Gasteiger charge is -2.31. The van der Waals surface area contributed by atoms with E-state index in [0.717, 1.165) is 25.6 Å². The first-order valence-corrected chi connectivity index (χ1v) is 6.17. The van der Waals surface area contributed by atoms with Crippen LogP contribution in [-0.4, -0.2) is 37.5 Å². The maximum atomic E-state index is 4.45. The molecule has 0 spiro atoms. The van der Waals surface area contributed by atoms with Crippen LogP contribution in [0.2, 0.25) is 0 Å². The summed E-state index contributed by atoms with van der Waals surface area (Å²) >= 11 is 0. The van der Waals surface area contributed by atoms with Gasteiger partial charge in [-0.15, -0.1) is 0 Å². The third kappa shape index (κ3) is 2.86. The second-order valence-corrected chi connectivity index (χ2v) is 4.54. The summed E-state index contributed by atoms with van der Waals surface area (Å²) in [4.78, 5) is 6.65. The first-order valence-electron chi connectivity index (χ1n) is 6.17. The monoisotopic (exact) mass is 211 g/mol. The predicted octanol–water partition coefficient (Wildman–Crippen LogP) is 2.09. The molecule has 1 aliphatic heterocycles. The summed E-state index contributed by atoms with van der Waals surface area (Å²) in [6, 6.07) is 0. The van der Waals surface area contributed by atoms with Crippen molar-refractivity contribution in [3.8, 4) is 0 Å². The summed E-state index contributed by atoms with van der Waals surface area (Å²) in [6.07, 6.45) is 3.72. The highest BCUT2D eigenvalue weighted by Crippen LogP contribution is 2.29. The molecular formula is C12H25N3. The second-order valence-electron chi connectivity index (χ2n) is 4.54. The number of aliphatic imine (C=N–C) groups is 1. The Labute approximate surface area is 94.0 Å². The van der Waals surface area contributed by atoms with Gasteiger partial charge in [-0.05, 0) is 24.7 Å². The SMILES string of the molecule is CCC(CC)(CC)CNC1=NCCN1C. The number of hydrogen-bond donors (Lipinski definition) is 1. The molecule has 0 radical (unpaired) electrons. The van der Waals surface area contributed by atoms with Gasteiger partial charge in [0, 0.05) is 20.1 Å². The fourth-order valence-corrected chi connectivity index (χ4v) is 2.11. The topological polar surface area (TPSA) is 27.6 Å². The molecule has 0 bridgehead atoms. The lowest BCUT2D eigenvalue weighted by Crippen LogP contribution is -2.42. The number of nitrogens with one attached hydrogen (secondary N) is 1. The first-order chi connectivity index (χ1) is 7.17. The standard InChI is InChI=1S/C12H25N3/c1-5-12(6-2,7-3)10-14-11-13-8-9-15(11)4/h5-10H2,1-4H3,(H,13,14). The van der Waals surface area contributed by atoms with Gasteiger partial charge in [0.2, 0.25) is 0 Å². The fourth-order valence-electron chi connectivity index (χ4n) is 2.11. The summed E-state index contributed by atoms with van der Waals surface area (Å²) in [6.45, 7) is 9.91. The molecule has 1 rings (SSSR count). The van der Waals surface area contributed by atoms with Crippen molar-refractivity contribution >= 4 is 5.96 Å². The van der Waals surface area contributed by atoms with Crippen LogP contribution in [0, 0.1) is 5.41 Å². The summed E-state index contributed by atoms with van der Waals surface area (Å²) in [5.74, 6) is 1.08. The minimum absolute atomic E-state index is 0.450. The molecule has 1 aliphatic rings. The van der Waals surface area contributed by atoms with Gasteiger partial charge in [-0.1, -0.05) is 20.8 Å². The highest BCUT2D eigenvalue weighted by atomic mass is 15.3. The molecule has 0 aromatic heterocycles. The molecule has 0 aromatic carbocycles. The average Bonchev–Trinajstić information content (AvgIpc) is 2.67. The number of rotatable bonds is 5. The maximum Gasteiger partial charge on any atom is 0.193 e. The van der Waals surface area contributed by atoms with Crippen molar-refractivity contribution in [1.29, 1.82) is 0 Å². The van der Waals surface area contributed by atoms with Crippen LogP contribution in [-0.2, 0) is 0 Å². The Balaban J connectivity index is 2.46. The Bertz CT molecular complexity index is 211. The van der Waals surface area contributed by atoms with Gasteiger partial charge in [-0.3, -0.25) is 4.99 Å². The molecule has 15 heavy (non-hydrogen) atoms. The molecule has 0 saturated carbocycles. The van der Waals surface area contributed by atoms with E-state index in [1.807, 2.05) is 0 Å². The Hall–Kier alpha value is -0.730. The van der Waals surface area contributed by atoms with E-state index in [-0.39, 0.29) is 0 Å². The summed E-state index contributed by atoms with van der Waals surface area (Å²) < 4.78 is 0. The van der Waals surface area contributed by atoms with Gasteiger partial charge in [0.05, 0.1) is 6.54 Å². The number of guanidine groups is 1. The van der Waals surface area contributed by atoms with Gasteiger partial charge < -0.3 is 10.2 Å². The van der Waals surface area contributed by atoms with E-state index >= 15 is 0 Å². The van der Waals surface area contributed by atoms with Crippen molar-refractivity contribution in [3.63, 3.8) is 0 Å². The van der Waals surface area contributed by atoms with Gasteiger partial charge in [0.1, 0.15) is 0 Å². The van der Waals surface area contributed by atoms with E-state index in [2.05, 4.69) is 43.0 Å². The minimum atomic E-state index is 0.450. The van der Waals surface area contributed by atoms with Crippen molar-refractivity contribution < 1.29 is 0 Å². The molecule has 0 amide bonds. The van der Waals surface area contributed by atoms with Crippen LogP contribution in [0.1, 0.15) is 40.0 Å². The zero-order valence-corrected chi connectivity index (χ0v) is 10.6. The fraction of sp³-hybridized carbons (Fsp3) is 0.917. The maximum absolute atomic E-state index is 4.45. The lowest BCUT2D eigenvalue weighted by molar-refractivity contribution is 0.249. The second kappa shape index (κ2) is 5.38. The van der Waals surface area contributed by atoms with E-state index in [0.29, 0.717) is 5.41 Å². The number of hydrogen-bond acceptors (Lipinski definition) is 3. The molecule has 0 saturated heterocycles. The molecule has 3 heteroatoms. The Kier molecular flexibility index (Phi) is 4.43. The van der Waals surface area contributed by atoms with Gasteiger partial charge in [0.15, 0.2) is 5.96 Å². The zero-order valence-electron chi connectivity index (χ0n) is 10.6. The first kappa shape index (κ1) is 12.3. The van der Waals surface area contributed by atoms with Gasteiger partial charge in [-0.2, -0.15) is 0 Å². The molecule has 0 aromatic rings. The van der Waals surface area contributed by atoms with Crippen LogP contribution < -0.4 is 5.32 Å². The lowest BCUT2D eigenvalue weighted by atomic mass is 9.80. The highest BCUT2D eigenvalue weighted by molar-refractivity contribution is 5.81. The smallest absolute Gasteiger partial charge is 0.193 e. The average molecular weight is 211 g/mol. The van der Waals surface area contributed by atoms with Crippen LogP contribution in [0.25, 0.3) is 0 Å². The normalized spacial score (nSPS) is 16.8. The van der Waals surface area contributed by atoms with E-state index in [4.69, 9.17) is 0 Å². The molecule has 0 unspecified atom stereocenters. The van der Waals surface area contributed by atoms with Crippen molar-refractivity contribution in [2.75, 3.05) is 26.7 Å². The van der Waals surface area contributed by atoms with E-state index in [1.54, 1.807) is 0 Å². The Morgan fingerprint density at radius 3 is 2.27 bits per heavy atom. The summed E-state index contributed by atoms with van der Waals surface area (Å²) in [5.41, 5.74) is 0.450. The molecule has 88 valence electrons. The molecular weight excluding hydrogens is 186 g/mol. The van der Waals surface area contributed by atoms with Gasteiger partial charge in [-0.25, -0.2) is 0 Å². The van der Waals surface area contributed by atoms with Gasteiger partial charge in [0.25, 0.3) is 0 Å². The van der Waals surface area contributed by atoms with Crippen LogP contribution in [0.3, 0.4) is 0 Å². The molecule has 1 heterocycles. The van der Waals surface area contributed by atoms with Crippen molar-refractivity contribution in [1.82, 2.24) is 10.2 Å². The van der Waals surface area contributed by atoms with Crippen molar-refractivity contribution in [2.45, 2.75) is 40.0 Å². The molecule has 0 atom stereocenters. The largest absolute Gasteiger partial charge is 0.356 e. The predicted molar refractivity (Wildman–Crippen MR) is 66.2 cm³/mol.